The summed E-state index contributed by atoms with van der Waals surface area (Å²) < 4.78 is 10.8. The van der Waals surface area contributed by atoms with Crippen LogP contribution in [-0.2, 0) is 4.79 Å². The smallest absolute Gasteiger partial charge is 0.231 e. The topological polar surface area (TPSA) is 51.7 Å². The van der Waals surface area contributed by atoms with Gasteiger partial charge in [-0.3, -0.25) is 4.79 Å². The van der Waals surface area contributed by atoms with Crippen LogP contribution in [0.1, 0.15) is 12.8 Å². The largest absolute Gasteiger partial charge is 0.454 e. The first kappa shape index (κ1) is 11.5. The maximum absolute atomic E-state index is 11.4. The lowest BCUT2D eigenvalue weighted by Crippen LogP contribution is -2.34. The molecule has 0 bridgehead atoms. The molecule has 102 valence electrons. The Hall–Kier alpha value is -2.30. The van der Waals surface area contributed by atoms with E-state index in [1.165, 1.54) is 0 Å². The first-order chi connectivity index (χ1) is 9.81. The Morgan fingerprint density at radius 2 is 1.85 bits per heavy atom. The molecule has 4 rings (SSSR count). The van der Waals surface area contributed by atoms with Crippen LogP contribution >= 0.6 is 0 Å². The van der Waals surface area contributed by atoms with Crippen LogP contribution < -0.4 is 14.4 Å². The summed E-state index contributed by atoms with van der Waals surface area (Å²) in [6.07, 6.45) is 3.00. The van der Waals surface area contributed by atoms with E-state index in [4.69, 9.17) is 9.47 Å². The molecule has 1 fully saturated rings. The van der Waals surface area contributed by atoms with Crippen molar-refractivity contribution in [1.29, 1.82) is 0 Å². The summed E-state index contributed by atoms with van der Waals surface area (Å²) in [6.45, 7) is 1.74. The minimum Gasteiger partial charge on any atom is -0.454 e. The fourth-order valence-electron chi connectivity index (χ4n) is 2.77. The van der Waals surface area contributed by atoms with Crippen LogP contribution in [0.5, 0.6) is 11.5 Å². The zero-order chi connectivity index (χ0) is 13.5. The van der Waals surface area contributed by atoms with Gasteiger partial charge in [0.25, 0.3) is 0 Å². The molecule has 0 radical (unpaired) electrons. The lowest BCUT2D eigenvalue weighted by molar-refractivity contribution is -0.119. The van der Waals surface area contributed by atoms with Crippen LogP contribution in [0.25, 0.3) is 10.8 Å². The van der Waals surface area contributed by atoms with Gasteiger partial charge in [0.1, 0.15) is 11.6 Å². The van der Waals surface area contributed by atoms with Crippen LogP contribution in [0.4, 0.5) is 5.82 Å². The first-order valence-electron chi connectivity index (χ1n) is 6.76. The number of ether oxygens (including phenoxy) is 2. The van der Waals surface area contributed by atoms with Gasteiger partial charge in [-0.1, -0.05) is 0 Å². The number of Topliss-reactive ketones (excluding diaryl/α,β-unsaturated/α-hetero) is 1. The van der Waals surface area contributed by atoms with Gasteiger partial charge in [0.2, 0.25) is 6.79 Å². The van der Waals surface area contributed by atoms with Gasteiger partial charge in [-0.15, -0.1) is 0 Å². The van der Waals surface area contributed by atoms with Crippen LogP contribution in [-0.4, -0.2) is 30.6 Å². The number of nitrogens with zero attached hydrogens (tertiary/aromatic N) is 2. The number of aromatic nitrogens is 1. The Balaban J connectivity index is 1.81. The molecule has 1 saturated heterocycles. The van der Waals surface area contributed by atoms with E-state index in [2.05, 4.69) is 9.88 Å². The fourth-order valence-corrected chi connectivity index (χ4v) is 2.77. The van der Waals surface area contributed by atoms with Crippen LogP contribution in [0.3, 0.4) is 0 Å². The average Bonchev–Trinajstić information content (AvgIpc) is 2.92. The van der Waals surface area contributed by atoms with E-state index in [1.807, 2.05) is 18.2 Å². The molecule has 2 aliphatic rings. The van der Waals surface area contributed by atoms with Crippen molar-refractivity contribution >= 4 is 22.4 Å². The average molecular weight is 270 g/mol. The van der Waals surface area contributed by atoms with E-state index in [1.54, 1.807) is 6.20 Å². The van der Waals surface area contributed by atoms with E-state index < -0.39 is 0 Å². The second kappa shape index (κ2) is 4.37. The quantitative estimate of drug-likeness (QED) is 0.794. The number of anilines is 1. The van der Waals surface area contributed by atoms with Crippen LogP contribution in [0.2, 0.25) is 0 Å². The molecule has 1 aromatic heterocycles. The van der Waals surface area contributed by atoms with Gasteiger partial charge in [0.05, 0.1) is 0 Å². The zero-order valence-corrected chi connectivity index (χ0v) is 11.0. The molecule has 5 nitrogen and oxygen atoms in total. The summed E-state index contributed by atoms with van der Waals surface area (Å²) >= 11 is 0. The minimum absolute atomic E-state index is 0.270. The molecule has 3 heterocycles. The lowest BCUT2D eigenvalue weighted by atomic mass is 10.1. The van der Waals surface area contributed by atoms with Crippen molar-refractivity contribution in [2.45, 2.75) is 12.8 Å². The molecule has 2 aromatic rings. The molecule has 20 heavy (non-hydrogen) atoms. The normalized spacial score (nSPS) is 17.8. The summed E-state index contributed by atoms with van der Waals surface area (Å²) in [5.41, 5.74) is 0. The predicted molar refractivity (Wildman–Crippen MR) is 74.3 cm³/mol. The number of benzene rings is 1. The van der Waals surface area contributed by atoms with Crippen molar-refractivity contribution < 1.29 is 14.3 Å². The van der Waals surface area contributed by atoms with Crippen LogP contribution in [0.15, 0.2) is 24.4 Å². The second-order valence-corrected chi connectivity index (χ2v) is 5.09. The van der Waals surface area contributed by atoms with Gasteiger partial charge in [-0.25, -0.2) is 4.98 Å². The van der Waals surface area contributed by atoms with E-state index in [0.717, 1.165) is 41.2 Å². The molecule has 0 spiro atoms. The number of hydrogen-bond donors (Lipinski definition) is 0. The highest BCUT2D eigenvalue weighted by molar-refractivity contribution is 5.95. The zero-order valence-electron chi connectivity index (χ0n) is 11.0. The Kier molecular flexibility index (Phi) is 2.52. The van der Waals surface area contributed by atoms with Crippen molar-refractivity contribution in [3.05, 3.63) is 24.4 Å². The summed E-state index contributed by atoms with van der Waals surface area (Å²) in [5, 5.41) is 2.13. The Morgan fingerprint density at radius 1 is 1.10 bits per heavy atom. The molecule has 5 heteroatoms. The van der Waals surface area contributed by atoms with E-state index in [0.29, 0.717) is 18.6 Å². The summed E-state index contributed by atoms with van der Waals surface area (Å²) in [7, 11) is 0. The summed E-state index contributed by atoms with van der Waals surface area (Å²) in [4.78, 5) is 18.0. The molecule has 0 atom stereocenters. The highest BCUT2D eigenvalue weighted by Crippen LogP contribution is 2.38. The predicted octanol–water partition coefficient (Wildman–Crippen LogP) is 2.13. The highest BCUT2D eigenvalue weighted by atomic mass is 16.7. The second-order valence-electron chi connectivity index (χ2n) is 5.09. The molecule has 0 amide bonds. The van der Waals surface area contributed by atoms with Crippen molar-refractivity contribution in [1.82, 2.24) is 4.98 Å². The van der Waals surface area contributed by atoms with Gasteiger partial charge in [-0.2, -0.15) is 0 Å². The number of rotatable bonds is 1. The molecule has 0 aliphatic carbocycles. The molecule has 0 unspecified atom stereocenters. The molecule has 2 aliphatic heterocycles. The molecule has 1 aromatic carbocycles. The van der Waals surface area contributed by atoms with E-state index in [9.17, 15) is 4.79 Å². The van der Waals surface area contributed by atoms with Crippen molar-refractivity contribution in [3.63, 3.8) is 0 Å². The number of carbonyl (C=O) groups excluding carboxylic acids is 1. The summed E-state index contributed by atoms with van der Waals surface area (Å²) in [5.74, 6) is 2.80. The van der Waals surface area contributed by atoms with Gasteiger partial charge < -0.3 is 14.4 Å². The van der Waals surface area contributed by atoms with Gasteiger partial charge in [0, 0.05) is 37.5 Å². The Labute approximate surface area is 116 Å². The number of pyridine rings is 1. The lowest BCUT2D eigenvalue weighted by Gasteiger charge is -2.28. The monoisotopic (exact) mass is 270 g/mol. The van der Waals surface area contributed by atoms with E-state index in [-0.39, 0.29) is 6.79 Å². The third-order valence-corrected chi connectivity index (χ3v) is 3.86. The van der Waals surface area contributed by atoms with Gasteiger partial charge in [0.15, 0.2) is 11.5 Å². The Morgan fingerprint density at radius 3 is 2.65 bits per heavy atom. The number of hydrogen-bond acceptors (Lipinski definition) is 5. The number of piperidine rings is 1. The third kappa shape index (κ3) is 1.78. The number of carbonyl (C=O) groups is 1. The maximum Gasteiger partial charge on any atom is 0.231 e. The number of fused-ring (bicyclic) bond motifs is 2. The standard InChI is InChI=1S/C15H14N2O3/c18-11-2-5-17(6-3-11)15-12-8-14-13(19-9-20-14)7-10(12)1-4-16-15/h1,4,7-8H,2-3,5-6,9H2. The SMILES string of the molecule is O=C1CCN(c2nccc3cc4c(cc23)OCO4)CC1. The number of ketones is 1. The van der Waals surface area contributed by atoms with Gasteiger partial charge >= 0.3 is 0 Å². The van der Waals surface area contributed by atoms with Crippen molar-refractivity contribution in [2.24, 2.45) is 0 Å². The fraction of sp³-hybridized carbons (Fsp3) is 0.333. The highest BCUT2D eigenvalue weighted by Gasteiger charge is 2.21. The Bertz CT molecular complexity index is 689. The van der Waals surface area contributed by atoms with Gasteiger partial charge in [-0.05, 0) is 23.6 Å². The molecular weight excluding hydrogens is 256 g/mol. The molecule has 0 N–H and O–H groups in total. The summed E-state index contributed by atoms with van der Waals surface area (Å²) in [6, 6.07) is 5.93. The molecular formula is C15H14N2O3. The van der Waals surface area contributed by atoms with Crippen molar-refractivity contribution in [2.75, 3.05) is 24.8 Å². The van der Waals surface area contributed by atoms with Crippen LogP contribution in [0, 0.1) is 0 Å². The minimum atomic E-state index is 0.270. The first-order valence-corrected chi connectivity index (χ1v) is 6.76. The molecule has 0 saturated carbocycles. The van der Waals surface area contributed by atoms with E-state index >= 15 is 0 Å². The third-order valence-electron chi connectivity index (χ3n) is 3.86. The van der Waals surface area contributed by atoms with Crippen molar-refractivity contribution in [3.8, 4) is 11.5 Å². The maximum atomic E-state index is 11.4.